The van der Waals surface area contributed by atoms with Crippen molar-refractivity contribution in [3.8, 4) is 0 Å². The molecule has 0 spiro atoms. The zero-order chi connectivity index (χ0) is 19.2. The first-order valence-electron chi connectivity index (χ1n) is 7.92. The molecule has 0 aromatic carbocycles. The Morgan fingerprint density at radius 3 is 1.44 bits per heavy atom. The van der Waals surface area contributed by atoms with Crippen molar-refractivity contribution in [1.82, 2.24) is 10.6 Å². The van der Waals surface area contributed by atoms with Crippen molar-refractivity contribution in [2.24, 2.45) is 0 Å². The van der Waals surface area contributed by atoms with E-state index >= 15 is 0 Å². The molecule has 0 aliphatic heterocycles. The van der Waals surface area contributed by atoms with Gasteiger partial charge in [-0.3, -0.25) is 9.59 Å². The second kappa shape index (κ2) is 12.7. The number of amides is 2. The Labute approximate surface area is 147 Å². The molecule has 25 heavy (non-hydrogen) atoms. The minimum absolute atomic E-state index is 0.168. The van der Waals surface area contributed by atoms with Crippen LogP contribution in [-0.4, -0.2) is 50.1 Å². The topological polar surface area (TPSA) is 111 Å². The van der Waals surface area contributed by atoms with Crippen LogP contribution in [0.3, 0.4) is 0 Å². The minimum Gasteiger partial charge on any atom is -0.462 e. The van der Waals surface area contributed by atoms with E-state index in [9.17, 15) is 19.2 Å². The van der Waals surface area contributed by atoms with E-state index in [1.807, 2.05) is 0 Å². The molecule has 0 aromatic rings. The highest BCUT2D eigenvalue weighted by Crippen LogP contribution is 1.94. The lowest BCUT2D eigenvalue weighted by atomic mass is 10.3. The van der Waals surface area contributed by atoms with Gasteiger partial charge in [0, 0.05) is 24.2 Å². The van der Waals surface area contributed by atoms with E-state index in [-0.39, 0.29) is 19.6 Å². The molecule has 140 valence electrons. The number of hydrogen-bond donors (Lipinski definition) is 2. The molecular weight excluding hydrogens is 328 g/mol. The molecule has 0 aliphatic carbocycles. The Morgan fingerprint density at radius 1 is 0.760 bits per heavy atom. The van der Waals surface area contributed by atoms with Crippen molar-refractivity contribution in [2.75, 3.05) is 26.3 Å². The van der Waals surface area contributed by atoms with Crippen molar-refractivity contribution in [3.05, 3.63) is 24.3 Å². The van der Waals surface area contributed by atoms with Crippen molar-refractivity contribution in [1.29, 1.82) is 0 Å². The molecule has 2 amide bonds. The summed E-state index contributed by atoms with van der Waals surface area (Å²) < 4.78 is 9.73. The summed E-state index contributed by atoms with van der Waals surface area (Å²) in [6.45, 7) is 10.9. The molecular formula is C17H26N2O6. The number of hydrogen-bond acceptors (Lipinski definition) is 6. The van der Waals surface area contributed by atoms with Crippen LogP contribution in [0, 0.1) is 0 Å². The average molecular weight is 354 g/mol. The van der Waals surface area contributed by atoms with Gasteiger partial charge in [0.15, 0.2) is 0 Å². The summed E-state index contributed by atoms with van der Waals surface area (Å²) in [5, 5.41) is 5.11. The van der Waals surface area contributed by atoms with Crippen LogP contribution in [0.15, 0.2) is 24.3 Å². The van der Waals surface area contributed by atoms with Gasteiger partial charge < -0.3 is 20.1 Å². The monoisotopic (exact) mass is 354 g/mol. The molecule has 8 heteroatoms. The van der Waals surface area contributed by atoms with Crippen molar-refractivity contribution in [2.45, 2.75) is 33.1 Å². The highest BCUT2D eigenvalue weighted by molar-refractivity contribution is 5.96. The van der Waals surface area contributed by atoms with Gasteiger partial charge in [-0.1, -0.05) is 13.2 Å². The normalized spacial score (nSPS) is 9.68. The van der Waals surface area contributed by atoms with Crippen LogP contribution in [0.2, 0.25) is 0 Å². The zero-order valence-electron chi connectivity index (χ0n) is 14.8. The van der Waals surface area contributed by atoms with Gasteiger partial charge in [-0.05, 0) is 26.7 Å². The summed E-state index contributed by atoms with van der Waals surface area (Å²) in [5.41, 5.74) is 0.630. The molecule has 0 bridgehead atoms. The highest BCUT2D eigenvalue weighted by atomic mass is 16.5. The SMILES string of the molecule is C=C(C)C(=O)OCCCNC(=O)CC(=O)NCCCOC(=O)C(=C)C. The lowest BCUT2D eigenvalue weighted by Crippen LogP contribution is -2.33. The first-order valence-corrected chi connectivity index (χ1v) is 7.92. The maximum absolute atomic E-state index is 11.5. The van der Waals surface area contributed by atoms with Gasteiger partial charge in [0.25, 0.3) is 0 Å². The lowest BCUT2D eigenvalue weighted by Gasteiger charge is -2.08. The number of esters is 2. The van der Waals surface area contributed by atoms with Crippen LogP contribution >= 0.6 is 0 Å². The van der Waals surface area contributed by atoms with Gasteiger partial charge in [0.2, 0.25) is 11.8 Å². The Morgan fingerprint density at radius 2 is 1.12 bits per heavy atom. The summed E-state index contributed by atoms with van der Waals surface area (Å²) in [6.07, 6.45) is 0.595. The summed E-state index contributed by atoms with van der Waals surface area (Å²) in [5.74, 6) is -1.78. The zero-order valence-corrected chi connectivity index (χ0v) is 14.8. The predicted octanol–water partition coefficient (Wildman–Crippen LogP) is 0.628. The number of ether oxygens (including phenoxy) is 2. The van der Waals surface area contributed by atoms with Gasteiger partial charge >= 0.3 is 11.9 Å². The molecule has 0 aliphatic rings. The van der Waals surface area contributed by atoms with Gasteiger partial charge in [-0.2, -0.15) is 0 Å². The van der Waals surface area contributed by atoms with Crippen molar-refractivity contribution < 1.29 is 28.7 Å². The average Bonchev–Trinajstić information content (AvgIpc) is 2.53. The third kappa shape index (κ3) is 12.4. The molecule has 0 fully saturated rings. The Balaban J connectivity index is 3.64. The molecule has 0 unspecified atom stereocenters. The first-order chi connectivity index (χ1) is 11.7. The van der Waals surface area contributed by atoms with E-state index in [0.717, 1.165) is 0 Å². The molecule has 0 heterocycles. The predicted molar refractivity (Wildman–Crippen MR) is 91.4 cm³/mol. The fourth-order valence-electron chi connectivity index (χ4n) is 1.45. The number of carbonyl (C=O) groups excluding carboxylic acids is 4. The van der Waals surface area contributed by atoms with E-state index in [0.29, 0.717) is 37.1 Å². The van der Waals surface area contributed by atoms with Crippen LogP contribution in [0.1, 0.15) is 33.1 Å². The first kappa shape index (κ1) is 22.4. The van der Waals surface area contributed by atoms with Crippen LogP contribution in [0.25, 0.3) is 0 Å². The Hall–Kier alpha value is -2.64. The molecule has 0 atom stereocenters. The number of rotatable bonds is 12. The van der Waals surface area contributed by atoms with Crippen LogP contribution in [0.5, 0.6) is 0 Å². The summed E-state index contributed by atoms with van der Waals surface area (Å²) >= 11 is 0. The molecule has 0 saturated carbocycles. The standard InChI is InChI=1S/C17H26N2O6/c1-12(2)16(22)24-9-5-7-18-14(20)11-15(21)19-8-6-10-25-17(23)13(3)4/h1,3,5-11H2,2,4H3,(H,18,20)(H,19,21). The number of carbonyl (C=O) groups is 4. The second-order valence-electron chi connectivity index (χ2n) is 5.42. The van der Waals surface area contributed by atoms with Crippen molar-refractivity contribution in [3.63, 3.8) is 0 Å². The molecule has 0 aromatic heterocycles. The van der Waals surface area contributed by atoms with E-state index in [1.54, 1.807) is 13.8 Å². The molecule has 0 radical (unpaired) electrons. The van der Waals surface area contributed by atoms with Crippen molar-refractivity contribution >= 4 is 23.8 Å². The largest absolute Gasteiger partial charge is 0.462 e. The van der Waals surface area contributed by atoms with E-state index in [1.165, 1.54) is 0 Å². The number of nitrogens with one attached hydrogen (secondary N) is 2. The maximum atomic E-state index is 11.5. The van der Waals surface area contributed by atoms with Gasteiger partial charge in [-0.15, -0.1) is 0 Å². The third-order valence-corrected chi connectivity index (χ3v) is 2.77. The summed E-state index contributed by atoms with van der Waals surface area (Å²) in [4.78, 5) is 45.3. The minimum atomic E-state index is -0.473. The van der Waals surface area contributed by atoms with Crippen LogP contribution in [0.4, 0.5) is 0 Å². The summed E-state index contributed by atoms with van der Waals surface area (Å²) in [7, 11) is 0. The fraction of sp³-hybridized carbons (Fsp3) is 0.529. The molecule has 8 nitrogen and oxygen atoms in total. The Bertz CT molecular complexity index is 481. The fourth-order valence-corrected chi connectivity index (χ4v) is 1.45. The molecule has 0 rings (SSSR count). The van der Waals surface area contributed by atoms with E-state index < -0.39 is 23.8 Å². The van der Waals surface area contributed by atoms with E-state index in [4.69, 9.17) is 9.47 Å². The molecule has 2 N–H and O–H groups in total. The smallest absolute Gasteiger partial charge is 0.333 e. The summed E-state index contributed by atoms with van der Waals surface area (Å²) in [6, 6.07) is 0. The van der Waals surface area contributed by atoms with Crippen LogP contribution in [-0.2, 0) is 28.7 Å². The Kier molecular flexibility index (Phi) is 11.4. The lowest BCUT2D eigenvalue weighted by molar-refractivity contribution is -0.139. The van der Waals surface area contributed by atoms with E-state index in [2.05, 4.69) is 23.8 Å². The van der Waals surface area contributed by atoms with Gasteiger partial charge in [-0.25, -0.2) is 9.59 Å². The molecule has 0 saturated heterocycles. The van der Waals surface area contributed by atoms with Gasteiger partial charge in [0.1, 0.15) is 6.42 Å². The second-order valence-corrected chi connectivity index (χ2v) is 5.42. The van der Waals surface area contributed by atoms with Crippen LogP contribution < -0.4 is 10.6 Å². The maximum Gasteiger partial charge on any atom is 0.333 e. The quantitative estimate of drug-likeness (QED) is 0.230. The highest BCUT2D eigenvalue weighted by Gasteiger charge is 2.09. The third-order valence-electron chi connectivity index (χ3n) is 2.77. The van der Waals surface area contributed by atoms with Gasteiger partial charge in [0.05, 0.1) is 13.2 Å².